The summed E-state index contributed by atoms with van der Waals surface area (Å²) >= 11 is 0. The summed E-state index contributed by atoms with van der Waals surface area (Å²) in [7, 11) is 3.33. The van der Waals surface area contributed by atoms with E-state index in [0.29, 0.717) is 32.2 Å². The second-order valence-electron chi connectivity index (χ2n) is 6.17. The van der Waals surface area contributed by atoms with Gasteiger partial charge in [-0.05, 0) is 31.5 Å². The van der Waals surface area contributed by atoms with Crippen molar-refractivity contribution in [3.8, 4) is 11.6 Å². The number of aryl methyl sites for hydroxylation is 1. The summed E-state index contributed by atoms with van der Waals surface area (Å²) in [6.45, 7) is 6.88. The van der Waals surface area contributed by atoms with E-state index in [2.05, 4.69) is 32.7 Å². The quantitative estimate of drug-likeness (QED) is 0.371. The van der Waals surface area contributed by atoms with Crippen LogP contribution < -0.4 is 20.1 Å². The summed E-state index contributed by atoms with van der Waals surface area (Å²) < 4.78 is 16.2. The second-order valence-corrected chi connectivity index (χ2v) is 6.17. The molecule has 0 saturated heterocycles. The van der Waals surface area contributed by atoms with Crippen molar-refractivity contribution in [1.29, 1.82) is 0 Å². The Labute approximate surface area is 167 Å². The fraction of sp³-hybridized carbons (Fsp3) is 0.429. The van der Waals surface area contributed by atoms with E-state index in [9.17, 15) is 0 Å². The number of aromatic nitrogens is 1. The molecule has 0 aliphatic carbocycles. The fourth-order valence-corrected chi connectivity index (χ4v) is 2.58. The molecule has 2 aromatic rings. The highest BCUT2D eigenvalue weighted by molar-refractivity contribution is 5.79. The van der Waals surface area contributed by atoms with Gasteiger partial charge < -0.3 is 24.8 Å². The molecule has 0 aliphatic heterocycles. The molecular weight excluding hydrogens is 356 g/mol. The third-order valence-electron chi connectivity index (χ3n) is 4.02. The van der Waals surface area contributed by atoms with Crippen LogP contribution in [0.4, 0.5) is 0 Å². The monoisotopic (exact) mass is 386 g/mol. The van der Waals surface area contributed by atoms with Crippen molar-refractivity contribution in [2.45, 2.75) is 26.9 Å². The largest absolute Gasteiger partial charge is 0.496 e. The molecule has 28 heavy (non-hydrogen) atoms. The van der Waals surface area contributed by atoms with Crippen molar-refractivity contribution < 1.29 is 14.2 Å². The Balaban J connectivity index is 2.05. The first-order valence-electron chi connectivity index (χ1n) is 9.39. The number of pyridine rings is 1. The Morgan fingerprint density at radius 2 is 1.96 bits per heavy atom. The van der Waals surface area contributed by atoms with E-state index in [1.54, 1.807) is 20.4 Å². The van der Waals surface area contributed by atoms with Gasteiger partial charge in [-0.2, -0.15) is 0 Å². The molecule has 7 nitrogen and oxygen atoms in total. The van der Waals surface area contributed by atoms with Gasteiger partial charge in [-0.3, -0.25) is 0 Å². The SMILES string of the molecule is CCNC(=NCc1cccnc1OCCOC)NCc1ccc(C)cc1OC. The van der Waals surface area contributed by atoms with Crippen LogP contribution in [0.15, 0.2) is 41.5 Å². The van der Waals surface area contributed by atoms with Crippen LogP contribution >= 0.6 is 0 Å². The molecule has 0 aliphatic rings. The van der Waals surface area contributed by atoms with Gasteiger partial charge >= 0.3 is 0 Å². The first-order valence-corrected chi connectivity index (χ1v) is 9.39. The zero-order valence-electron chi connectivity index (χ0n) is 17.1. The lowest BCUT2D eigenvalue weighted by atomic mass is 10.1. The van der Waals surface area contributed by atoms with Crippen molar-refractivity contribution >= 4 is 5.96 Å². The van der Waals surface area contributed by atoms with Crippen molar-refractivity contribution in [2.24, 2.45) is 4.99 Å². The highest BCUT2D eigenvalue weighted by Crippen LogP contribution is 2.19. The van der Waals surface area contributed by atoms with Gasteiger partial charge in [0.2, 0.25) is 5.88 Å². The number of benzene rings is 1. The number of guanidine groups is 1. The minimum absolute atomic E-state index is 0.454. The average Bonchev–Trinajstić information content (AvgIpc) is 2.71. The summed E-state index contributed by atoms with van der Waals surface area (Å²) in [5.74, 6) is 2.17. The van der Waals surface area contributed by atoms with E-state index in [4.69, 9.17) is 14.2 Å². The maximum absolute atomic E-state index is 5.68. The van der Waals surface area contributed by atoms with Crippen LogP contribution in [-0.2, 0) is 17.8 Å². The molecule has 0 fully saturated rings. The summed E-state index contributed by atoms with van der Waals surface area (Å²) in [6.07, 6.45) is 1.71. The molecule has 152 valence electrons. The fourth-order valence-electron chi connectivity index (χ4n) is 2.58. The maximum Gasteiger partial charge on any atom is 0.218 e. The van der Waals surface area contributed by atoms with E-state index in [1.807, 2.05) is 32.0 Å². The van der Waals surface area contributed by atoms with E-state index in [0.717, 1.165) is 29.4 Å². The van der Waals surface area contributed by atoms with Crippen molar-refractivity contribution in [1.82, 2.24) is 15.6 Å². The first kappa shape index (κ1) is 21.5. The molecular formula is C21H30N4O3. The van der Waals surface area contributed by atoms with Crippen LogP contribution in [0.3, 0.4) is 0 Å². The lowest BCUT2D eigenvalue weighted by molar-refractivity contribution is 0.143. The Morgan fingerprint density at radius 1 is 1.11 bits per heavy atom. The number of hydrogen-bond donors (Lipinski definition) is 2. The number of nitrogens with zero attached hydrogens (tertiary/aromatic N) is 2. The number of methoxy groups -OCH3 is 2. The zero-order chi connectivity index (χ0) is 20.2. The van der Waals surface area contributed by atoms with Crippen LogP contribution in [0.1, 0.15) is 23.6 Å². The van der Waals surface area contributed by atoms with Gasteiger partial charge in [-0.25, -0.2) is 9.98 Å². The van der Waals surface area contributed by atoms with Gasteiger partial charge in [0.25, 0.3) is 0 Å². The molecule has 0 radical (unpaired) electrons. The van der Waals surface area contributed by atoms with E-state index in [1.165, 1.54) is 5.56 Å². The molecule has 0 amide bonds. The molecule has 2 N–H and O–H groups in total. The maximum atomic E-state index is 5.68. The Bertz CT molecular complexity index is 765. The number of hydrogen-bond acceptors (Lipinski definition) is 5. The van der Waals surface area contributed by atoms with Gasteiger partial charge in [-0.15, -0.1) is 0 Å². The number of aliphatic imine (C=N–C) groups is 1. The summed E-state index contributed by atoms with van der Waals surface area (Å²) in [4.78, 5) is 8.96. The van der Waals surface area contributed by atoms with Crippen LogP contribution in [0.2, 0.25) is 0 Å². The molecule has 0 unspecified atom stereocenters. The van der Waals surface area contributed by atoms with Gasteiger partial charge in [0, 0.05) is 37.5 Å². The van der Waals surface area contributed by atoms with Crippen molar-refractivity contribution in [3.63, 3.8) is 0 Å². The highest BCUT2D eigenvalue weighted by atomic mass is 16.5. The molecule has 0 bridgehead atoms. The van der Waals surface area contributed by atoms with E-state index < -0.39 is 0 Å². The van der Waals surface area contributed by atoms with E-state index >= 15 is 0 Å². The normalized spacial score (nSPS) is 11.2. The Morgan fingerprint density at radius 3 is 2.71 bits per heavy atom. The molecule has 1 heterocycles. The lowest BCUT2D eigenvalue weighted by Crippen LogP contribution is -2.36. The molecule has 0 saturated carbocycles. The van der Waals surface area contributed by atoms with Gasteiger partial charge in [0.05, 0.1) is 20.3 Å². The van der Waals surface area contributed by atoms with Crippen LogP contribution in [0.25, 0.3) is 0 Å². The standard InChI is InChI=1S/C21H30N4O3/c1-5-22-21(24-14-17-9-8-16(2)13-19(17)27-4)25-15-18-7-6-10-23-20(18)28-12-11-26-3/h6-10,13H,5,11-12,14-15H2,1-4H3,(H2,22,24,25). The van der Waals surface area contributed by atoms with Gasteiger partial charge in [0.15, 0.2) is 5.96 Å². The minimum atomic E-state index is 0.454. The summed E-state index contributed by atoms with van der Waals surface area (Å²) in [6, 6.07) is 10.0. The third-order valence-corrected chi connectivity index (χ3v) is 4.02. The second kappa shape index (κ2) is 11.8. The number of rotatable bonds is 10. The van der Waals surface area contributed by atoms with E-state index in [-0.39, 0.29) is 0 Å². The molecule has 2 rings (SSSR count). The van der Waals surface area contributed by atoms with Crippen LogP contribution in [0.5, 0.6) is 11.6 Å². The first-order chi connectivity index (χ1) is 13.7. The number of ether oxygens (including phenoxy) is 3. The Kier molecular flexibility index (Phi) is 9.07. The third kappa shape index (κ3) is 6.74. The predicted molar refractivity (Wildman–Crippen MR) is 111 cm³/mol. The van der Waals surface area contributed by atoms with Crippen molar-refractivity contribution in [3.05, 3.63) is 53.2 Å². The smallest absolute Gasteiger partial charge is 0.218 e. The van der Waals surface area contributed by atoms with Gasteiger partial charge in [0.1, 0.15) is 12.4 Å². The minimum Gasteiger partial charge on any atom is -0.496 e. The van der Waals surface area contributed by atoms with Crippen molar-refractivity contribution in [2.75, 3.05) is 34.0 Å². The molecule has 1 aromatic heterocycles. The summed E-state index contributed by atoms with van der Waals surface area (Å²) in [5.41, 5.74) is 3.16. The van der Waals surface area contributed by atoms with Gasteiger partial charge in [-0.1, -0.05) is 18.2 Å². The number of nitrogens with one attached hydrogen (secondary N) is 2. The lowest BCUT2D eigenvalue weighted by Gasteiger charge is -2.14. The molecule has 0 atom stereocenters. The summed E-state index contributed by atoms with van der Waals surface area (Å²) in [5, 5.41) is 6.61. The van der Waals surface area contributed by atoms with Crippen LogP contribution in [0, 0.1) is 6.92 Å². The predicted octanol–water partition coefficient (Wildman–Crippen LogP) is 2.68. The zero-order valence-corrected chi connectivity index (χ0v) is 17.1. The van der Waals surface area contributed by atoms with Crippen LogP contribution in [-0.4, -0.2) is 44.9 Å². The molecule has 0 spiro atoms. The average molecular weight is 386 g/mol. The Hall–Kier alpha value is -2.80. The molecule has 1 aromatic carbocycles. The molecule has 7 heteroatoms. The highest BCUT2D eigenvalue weighted by Gasteiger charge is 2.07. The topological polar surface area (TPSA) is 77.0 Å².